The maximum Gasteiger partial charge on any atom is 0.728 e. The first-order valence-electron chi connectivity index (χ1n) is 8.22. The summed E-state index contributed by atoms with van der Waals surface area (Å²) in [5, 5.41) is 8.05. The van der Waals surface area contributed by atoms with Crippen molar-refractivity contribution in [2.75, 3.05) is 10.4 Å². The Hall–Kier alpha value is -2.02. The summed E-state index contributed by atoms with van der Waals surface area (Å²) in [6.07, 6.45) is 0. The average Bonchev–Trinajstić information content (AvgIpc) is 3.10. The fourth-order valence-electron chi connectivity index (χ4n) is 2.52. The third-order valence-electron chi connectivity index (χ3n) is 3.75. The van der Waals surface area contributed by atoms with Gasteiger partial charge in [0.2, 0.25) is 11.8 Å². The normalized spacial score (nSPS) is 10.7. The molecule has 0 spiro atoms. The lowest BCUT2D eigenvalue weighted by Crippen LogP contribution is -2.26. The summed E-state index contributed by atoms with van der Waals surface area (Å²) in [6, 6.07) is 13.8. The zero-order chi connectivity index (χ0) is 19.2. The molecule has 0 aliphatic rings. The van der Waals surface area contributed by atoms with Gasteiger partial charge < -0.3 is 11.5 Å². The van der Waals surface area contributed by atoms with Crippen molar-refractivity contribution in [1.29, 1.82) is 0 Å². The SMILES string of the molecule is COOS[N]([Al][O]c1c(C)cccc1C)c1ccccc1-c1nnc(C)o1. The van der Waals surface area contributed by atoms with Crippen molar-refractivity contribution in [1.82, 2.24) is 10.2 Å². The molecule has 7 nitrogen and oxygen atoms in total. The van der Waals surface area contributed by atoms with E-state index < -0.39 is 15.8 Å². The fraction of sp³-hybridized carbons (Fsp3) is 0.222. The van der Waals surface area contributed by atoms with Gasteiger partial charge in [0.15, 0.2) is 0 Å². The molecule has 0 atom stereocenters. The Morgan fingerprint density at radius 3 is 2.41 bits per heavy atom. The summed E-state index contributed by atoms with van der Waals surface area (Å²) in [4.78, 5) is 4.77. The molecule has 3 rings (SSSR count). The van der Waals surface area contributed by atoms with Gasteiger partial charge in [0.05, 0.1) is 18.4 Å². The van der Waals surface area contributed by atoms with Crippen LogP contribution in [0.4, 0.5) is 5.69 Å². The van der Waals surface area contributed by atoms with Crippen LogP contribution >= 0.6 is 12.2 Å². The van der Waals surface area contributed by atoms with Crippen LogP contribution in [0.15, 0.2) is 46.9 Å². The van der Waals surface area contributed by atoms with Gasteiger partial charge in [-0.05, 0) is 37.1 Å². The second-order valence-electron chi connectivity index (χ2n) is 5.72. The van der Waals surface area contributed by atoms with E-state index >= 15 is 0 Å². The van der Waals surface area contributed by atoms with E-state index in [4.69, 9.17) is 17.4 Å². The molecule has 0 amide bonds. The van der Waals surface area contributed by atoms with Gasteiger partial charge in [-0.15, -0.1) is 14.5 Å². The molecule has 3 aromatic rings. The van der Waals surface area contributed by atoms with Crippen molar-refractivity contribution in [3.05, 3.63) is 59.5 Å². The molecule has 139 valence electrons. The first kappa shape index (κ1) is 19.7. The number of para-hydroxylation sites is 2. The van der Waals surface area contributed by atoms with E-state index in [9.17, 15) is 0 Å². The molecule has 0 N–H and O–H groups in total. The summed E-state index contributed by atoms with van der Waals surface area (Å²) in [7, 11) is 1.46. The van der Waals surface area contributed by atoms with Crippen molar-refractivity contribution in [3.8, 4) is 17.2 Å². The smallest absolute Gasteiger partial charge is 0.630 e. The molecular weight excluding hydrogens is 381 g/mol. The van der Waals surface area contributed by atoms with Crippen LogP contribution in [0.2, 0.25) is 0 Å². The summed E-state index contributed by atoms with van der Waals surface area (Å²) in [5.41, 5.74) is 3.80. The molecule has 0 saturated carbocycles. The van der Waals surface area contributed by atoms with E-state index in [0.29, 0.717) is 11.8 Å². The molecule has 0 aliphatic heterocycles. The number of aromatic nitrogens is 2. The van der Waals surface area contributed by atoms with Crippen LogP contribution in [0.5, 0.6) is 5.75 Å². The largest absolute Gasteiger partial charge is 0.728 e. The lowest BCUT2D eigenvalue weighted by Gasteiger charge is -2.23. The molecule has 27 heavy (non-hydrogen) atoms. The third-order valence-corrected chi connectivity index (χ3v) is 5.63. The van der Waals surface area contributed by atoms with Gasteiger partial charge in [-0.1, -0.05) is 30.3 Å². The maximum atomic E-state index is 6.16. The minimum absolute atomic E-state index is 0.442. The van der Waals surface area contributed by atoms with Crippen molar-refractivity contribution < 1.29 is 17.4 Å². The van der Waals surface area contributed by atoms with Crippen LogP contribution in [0.3, 0.4) is 0 Å². The standard InChI is InChI=1S/C10H10N3O3S.C8H10O.Al/c1-7-11-12-10(15-7)8-5-3-4-6-9(8)13-17-16-14-2;1-6-4-3-5-7(2)8(6)9;/h3-6H,1-2H3;3-5,9H,1-2H3;/q-1;;+2/p-1. The zero-order valence-corrected chi connectivity index (χ0v) is 17.5. The van der Waals surface area contributed by atoms with Gasteiger partial charge in [0, 0.05) is 12.6 Å². The van der Waals surface area contributed by atoms with Gasteiger partial charge >= 0.3 is 15.8 Å². The molecule has 1 heterocycles. The van der Waals surface area contributed by atoms with Crippen LogP contribution in [0.25, 0.3) is 11.5 Å². The number of hydrogen-bond acceptors (Lipinski definition) is 8. The Balaban J connectivity index is 1.89. The quantitative estimate of drug-likeness (QED) is 0.183. The summed E-state index contributed by atoms with van der Waals surface area (Å²) in [6.45, 7) is 5.81. The predicted octanol–water partition coefficient (Wildman–Crippen LogP) is 4.22. The fourth-order valence-corrected chi connectivity index (χ4v) is 4.17. The first-order valence-corrected chi connectivity index (χ1v) is 9.91. The van der Waals surface area contributed by atoms with Crippen LogP contribution in [-0.2, 0) is 9.22 Å². The molecule has 0 fully saturated rings. The predicted molar refractivity (Wildman–Crippen MR) is 105 cm³/mol. The highest BCUT2D eigenvalue weighted by Crippen LogP contribution is 2.34. The first-order chi connectivity index (χ1) is 13.1. The van der Waals surface area contributed by atoms with Crippen LogP contribution in [0, 0.1) is 20.8 Å². The Kier molecular flexibility index (Phi) is 6.77. The Morgan fingerprint density at radius 2 is 1.74 bits per heavy atom. The molecule has 1 radical (unpaired) electrons. The molecule has 2 aromatic carbocycles. The molecule has 0 aliphatic carbocycles. The van der Waals surface area contributed by atoms with Crippen molar-refractivity contribution >= 4 is 33.7 Å². The number of anilines is 1. The van der Waals surface area contributed by atoms with Gasteiger partial charge in [0.25, 0.3) is 0 Å². The molecule has 0 bridgehead atoms. The average molecular weight is 400 g/mol. The number of benzene rings is 2. The second kappa shape index (κ2) is 9.26. The van der Waals surface area contributed by atoms with Gasteiger partial charge in [-0.25, -0.2) is 4.89 Å². The lowest BCUT2D eigenvalue weighted by molar-refractivity contribution is -0.160. The van der Waals surface area contributed by atoms with Crippen molar-refractivity contribution in [3.63, 3.8) is 0 Å². The molecule has 0 unspecified atom stereocenters. The summed E-state index contributed by atoms with van der Waals surface area (Å²) < 4.78 is 18.8. The van der Waals surface area contributed by atoms with Crippen molar-refractivity contribution in [2.45, 2.75) is 20.8 Å². The van der Waals surface area contributed by atoms with Crippen LogP contribution < -0.4 is 7.08 Å². The van der Waals surface area contributed by atoms with E-state index in [2.05, 4.69) is 10.2 Å². The monoisotopic (exact) mass is 400 g/mol. The van der Waals surface area contributed by atoms with Gasteiger partial charge in [-0.3, -0.25) is 0 Å². The molecular formula is C18H19AlN3O4S. The molecule has 1 aromatic heterocycles. The zero-order valence-electron chi connectivity index (χ0n) is 15.5. The number of hydrogen-bond donors (Lipinski definition) is 0. The van der Waals surface area contributed by atoms with E-state index in [1.807, 2.05) is 59.6 Å². The van der Waals surface area contributed by atoms with Crippen molar-refractivity contribution in [2.24, 2.45) is 0 Å². The Labute approximate surface area is 169 Å². The third kappa shape index (κ3) is 4.83. The van der Waals surface area contributed by atoms with E-state index in [1.54, 1.807) is 6.92 Å². The molecule has 9 heteroatoms. The highest BCUT2D eigenvalue weighted by Gasteiger charge is 2.23. The maximum absolute atomic E-state index is 6.16. The van der Waals surface area contributed by atoms with E-state index in [0.717, 1.165) is 40.4 Å². The number of aryl methyl sites for hydroxylation is 3. The number of rotatable bonds is 8. The summed E-state index contributed by atoms with van der Waals surface area (Å²) in [5.74, 6) is 1.82. The van der Waals surface area contributed by atoms with Gasteiger partial charge in [0.1, 0.15) is 12.2 Å². The summed E-state index contributed by atoms with van der Waals surface area (Å²) >= 11 is 0.394. The lowest BCUT2D eigenvalue weighted by atomic mass is 10.1. The molecule has 0 saturated heterocycles. The minimum atomic E-state index is -0.661. The van der Waals surface area contributed by atoms with Crippen LogP contribution in [-0.4, -0.2) is 33.1 Å². The Morgan fingerprint density at radius 1 is 1.00 bits per heavy atom. The second-order valence-corrected chi connectivity index (χ2v) is 7.74. The Bertz CT molecular complexity index is 886. The van der Waals surface area contributed by atoms with E-state index in [-0.39, 0.29) is 0 Å². The number of nitrogens with zero attached hydrogens (tertiary/aromatic N) is 3. The highest BCUT2D eigenvalue weighted by molar-refractivity contribution is 7.97. The van der Waals surface area contributed by atoms with Gasteiger partial charge in [-0.2, -0.15) is 0 Å². The van der Waals surface area contributed by atoms with Crippen LogP contribution in [0.1, 0.15) is 17.0 Å². The topological polar surface area (TPSA) is 69.9 Å². The minimum Gasteiger partial charge on any atom is -0.630 e. The van der Waals surface area contributed by atoms with E-state index in [1.165, 1.54) is 7.11 Å². The highest BCUT2D eigenvalue weighted by atomic mass is 32.2.